The second kappa shape index (κ2) is 3.52. The quantitative estimate of drug-likeness (QED) is 0.715. The predicted molar refractivity (Wildman–Crippen MR) is 64.3 cm³/mol. The van der Waals surface area contributed by atoms with Crippen LogP contribution in [0.3, 0.4) is 0 Å². The number of anilines is 1. The zero-order chi connectivity index (χ0) is 11.0. The molecule has 1 aromatic carbocycles. The summed E-state index contributed by atoms with van der Waals surface area (Å²) in [7, 11) is 0. The Morgan fingerprint density at radius 3 is 2.25 bits per heavy atom. The van der Waals surface area contributed by atoms with Crippen LogP contribution in [0.5, 0.6) is 0 Å². The van der Waals surface area contributed by atoms with Crippen molar-refractivity contribution in [3.05, 3.63) is 29.8 Å². The molecule has 2 heteroatoms. The van der Waals surface area contributed by atoms with Gasteiger partial charge in [-0.1, -0.05) is 12.8 Å². The van der Waals surface area contributed by atoms with Crippen molar-refractivity contribution in [1.82, 2.24) is 0 Å². The zero-order valence-corrected chi connectivity index (χ0v) is 9.45. The Balaban J connectivity index is 1.69. The maximum Gasteiger partial charge on any atom is 0.0991 e. The highest BCUT2D eigenvalue weighted by atomic mass is 15.2. The molecule has 1 aliphatic heterocycles. The van der Waals surface area contributed by atoms with E-state index in [0.717, 1.165) is 5.56 Å². The number of nitrogens with zero attached hydrogens (tertiary/aromatic N) is 2. The van der Waals surface area contributed by atoms with E-state index in [1.165, 1.54) is 44.5 Å². The van der Waals surface area contributed by atoms with E-state index in [2.05, 4.69) is 23.1 Å². The van der Waals surface area contributed by atoms with Gasteiger partial charge in [0.1, 0.15) is 0 Å². The molecule has 1 saturated heterocycles. The lowest BCUT2D eigenvalue weighted by molar-refractivity contribution is 0.222. The highest BCUT2D eigenvalue weighted by Gasteiger charge is 2.44. The first kappa shape index (κ1) is 9.72. The molecule has 1 aliphatic carbocycles. The van der Waals surface area contributed by atoms with E-state index in [4.69, 9.17) is 5.26 Å². The van der Waals surface area contributed by atoms with Crippen molar-refractivity contribution < 1.29 is 0 Å². The summed E-state index contributed by atoms with van der Waals surface area (Å²) in [5.74, 6) is 0. The molecule has 82 valence electrons. The maximum atomic E-state index is 8.74. The van der Waals surface area contributed by atoms with Gasteiger partial charge in [-0.2, -0.15) is 5.26 Å². The Bertz CT molecular complexity index is 413. The lowest BCUT2D eigenvalue weighted by atomic mass is 9.78. The lowest BCUT2D eigenvalue weighted by Gasteiger charge is -2.49. The molecule has 16 heavy (non-hydrogen) atoms. The summed E-state index contributed by atoms with van der Waals surface area (Å²) < 4.78 is 0. The molecule has 1 spiro atoms. The topological polar surface area (TPSA) is 27.0 Å². The Labute approximate surface area is 96.5 Å². The average molecular weight is 212 g/mol. The van der Waals surface area contributed by atoms with Crippen LogP contribution in [-0.2, 0) is 0 Å². The summed E-state index contributed by atoms with van der Waals surface area (Å²) in [5, 5.41) is 8.74. The fourth-order valence-electron chi connectivity index (χ4n) is 3.13. The van der Waals surface area contributed by atoms with Crippen LogP contribution < -0.4 is 4.90 Å². The summed E-state index contributed by atoms with van der Waals surface area (Å²) in [6, 6.07) is 10.1. The van der Waals surface area contributed by atoms with E-state index in [9.17, 15) is 0 Å². The summed E-state index contributed by atoms with van der Waals surface area (Å²) in [6.07, 6.45) is 5.67. The molecular formula is C14H16N2. The first-order valence-electron chi connectivity index (χ1n) is 6.07. The van der Waals surface area contributed by atoms with E-state index >= 15 is 0 Å². The van der Waals surface area contributed by atoms with Gasteiger partial charge in [0.25, 0.3) is 0 Å². The lowest BCUT2D eigenvalue weighted by Crippen LogP contribution is -2.55. The predicted octanol–water partition coefficient (Wildman–Crippen LogP) is 2.94. The summed E-state index contributed by atoms with van der Waals surface area (Å²) in [5.41, 5.74) is 2.67. The smallest absolute Gasteiger partial charge is 0.0991 e. The Morgan fingerprint density at radius 2 is 1.69 bits per heavy atom. The third kappa shape index (κ3) is 1.48. The normalized spacial score (nSPS) is 21.8. The van der Waals surface area contributed by atoms with Crippen molar-refractivity contribution in [1.29, 1.82) is 5.26 Å². The molecule has 1 aromatic rings. The first-order chi connectivity index (χ1) is 7.81. The van der Waals surface area contributed by atoms with E-state index in [-0.39, 0.29) is 0 Å². The molecule has 3 rings (SSSR count). The Hall–Kier alpha value is -1.49. The van der Waals surface area contributed by atoms with Gasteiger partial charge in [-0.3, -0.25) is 0 Å². The second-order valence-corrected chi connectivity index (χ2v) is 5.22. The number of rotatable bonds is 1. The summed E-state index contributed by atoms with van der Waals surface area (Å²) >= 11 is 0. The van der Waals surface area contributed by atoms with Crippen LogP contribution in [0.4, 0.5) is 5.69 Å². The molecule has 0 radical (unpaired) electrons. The van der Waals surface area contributed by atoms with Crippen molar-refractivity contribution in [3.63, 3.8) is 0 Å². The minimum Gasteiger partial charge on any atom is -0.370 e. The molecule has 0 unspecified atom stereocenters. The number of benzene rings is 1. The van der Waals surface area contributed by atoms with Gasteiger partial charge in [0.15, 0.2) is 0 Å². The van der Waals surface area contributed by atoms with Gasteiger partial charge in [-0.15, -0.1) is 0 Å². The minimum absolute atomic E-state index is 0.647. The van der Waals surface area contributed by atoms with E-state index < -0.39 is 0 Å². The Morgan fingerprint density at radius 1 is 1.06 bits per heavy atom. The van der Waals surface area contributed by atoms with Gasteiger partial charge in [-0.25, -0.2) is 0 Å². The fraction of sp³-hybridized carbons (Fsp3) is 0.500. The largest absolute Gasteiger partial charge is 0.370 e. The fourth-order valence-corrected chi connectivity index (χ4v) is 3.13. The zero-order valence-electron chi connectivity index (χ0n) is 9.45. The third-order valence-corrected chi connectivity index (χ3v) is 4.08. The van der Waals surface area contributed by atoms with E-state index in [1.54, 1.807) is 0 Å². The molecule has 0 N–H and O–H groups in total. The van der Waals surface area contributed by atoms with Crippen molar-refractivity contribution in [2.75, 3.05) is 18.0 Å². The van der Waals surface area contributed by atoms with Crippen LogP contribution in [0, 0.1) is 16.7 Å². The number of hydrogen-bond acceptors (Lipinski definition) is 2. The molecule has 0 aromatic heterocycles. The van der Waals surface area contributed by atoms with Crippen molar-refractivity contribution in [2.24, 2.45) is 5.41 Å². The highest BCUT2D eigenvalue weighted by Crippen LogP contribution is 2.46. The monoisotopic (exact) mass is 212 g/mol. The molecule has 0 amide bonds. The van der Waals surface area contributed by atoms with E-state index in [1.807, 2.05) is 12.1 Å². The molecule has 1 saturated carbocycles. The van der Waals surface area contributed by atoms with Gasteiger partial charge in [0.2, 0.25) is 0 Å². The van der Waals surface area contributed by atoms with Gasteiger partial charge < -0.3 is 4.90 Å². The van der Waals surface area contributed by atoms with Gasteiger partial charge >= 0.3 is 0 Å². The molecule has 0 bridgehead atoms. The van der Waals surface area contributed by atoms with Crippen LogP contribution >= 0.6 is 0 Å². The number of hydrogen-bond donors (Lipinski definition) is 0. The average Bonchev–Trinajstić information content (AvgIpc) is 2.76. The van der Waals surface area contributed by atoms with Crippen LogP contribution in [0.25, 0.3) is 0 Å². The van der Waals surface area contributed by atoms with E-state index in [0.29, 0.717) is 5.41 Å². The minimum atomic E-state index is 0.647. The summed E-state index contributed by atoms with van der Waals surface area (Å²) in [6.45, 7) is 2.44. The molecule has 0 atom stereocenters. The van der Waals surface area contributed by atoms with Crippen LogP contribution in [0.2, 0.25) is 0 Å². The van der Waals surface area contributed by atoms with Crippen LogP contribution in [0.1, 0.15) is 31.2 Å². The molecule has 2 fully saturated rings. The molecule has 2 nitrogen and oxygen atoms in total. The van der Waals surface area contributed by atoms with Crippen LogP contribution in [0.15, 0.2) is 24.3 Å². The van der Waals surface area contributed by atoms with Gasteiger partial charge in [0.05, 0.1) is 11.6 Å². The SMILES string of the molecule is N#Cc1ccc(N2CC3(CCCC3)C2)cc1. The highest BCUT2D eigenvalue weighted by molar-refractivity contribution is 5.52. The first-order valence-corrected chi connectivity index (χ1v) is 6.07. The van der Waals surface area contributed by atoms with Crippen LogP contribution in [-0.4, -0.2) is 13.1 Å². The van der Waals surface area contributed by atoms with Gasteiger partial charge in [-0.05, 0) is 37.1 Å². The molecular weight excluding hydrogens is 196 g/mol. The van der Waals surface area contributed by atoms with Gasteiger partial charge in [0, 0.05) is 24.2 Å². The maximum absolute atomic E-state index is 8.74. The standard InChI is InChI=1S/C14H16N2/c15-9-12-3-5-13(6-4-12)16-10-14(11-16)7-1-2-8-14/h3-6H,1-2,7-8,10-11H2. The van der Waals surface area contributed by atoms with Crippen molar-refractivity contribution >= 4 is 5.69 Å². The third-order valence-electron chi connectivity index (χ3n) is 4.08. The summed E-state index contributed by atoms with van der Waals surface area (Å²) in [4.78, 5) is 2.44. The Kier molecular flexibility index (Phi) is 2.14. The van der Waals surface area contributed by atoms with Crippen molar-refractivity contribution in [2.45, 2.75) is 25.7 Å². The molecule has 2 aliphatic rings. The van der Waals surface area contributed by atoms with Crippen molar-refractivity contribution in [3.8, 4) is 6.07 Å². The number of nitriles is 1. The molecule has 1 heterocycles. The second-order valence-electron chi connectivity index (χ2n) is 5.22.